The van der Waals surface area contributed by atoms with Gasteiger partial charge in [0.05, 0.1) is 6.42 Å². The molecule has 0 aromatic heterocycles. The summed E-state index contributed by atoms with van der Waals surface area (Å²) >= 11 is 0. The summed E-state index contributed by atoms with van der Waals surface area (Å²) in [5.74, 6) is -0.796. The number of rotatable bonds is 6. The van der Waals surface area contributed by atoms with Crippen LogP contribution in [0.5, 0.6) is 0 Å². The number of carboxylic acids is 1. The average molecular weight is 255 g/mol. The summed E-state index contributed by atoms with van der Waals surface area (Å²) in [6.45, 7) is 1.61. The van der Waals surface area contributed by atoms with Crippen molar-refractivity contribution in [2.24, 2.45) is 0 Å². The molecule has 2 aromatic carbocycles. The third kappa shape index (κ3) is 4.56. The monoisotopic (exact) mass is 255 g/mol. The van der Waals surface area contributed by atoms with Crippen molar-refractivity contribution in [2.75, 3.05) is 0 Å². The van der Waals surface area contributed by atoms with Crippen LogP contribution in [0.4, 0.5) is 0 Å². The van der Waals surface area contributed by atoms with Crippen molar-refractivity contribution in [1.29, 1.82) is 0 Å². The maximum absolute atomic E-state index is 10.6. The molecule has 0 fully saturated rings. The van der Waals surface area contributed by atoms with Gasteiger partial charge < -0.3 is 10.4 Å². The molecule has 0 heterocycles. The Balaban J connectivity index is 1.81. The first-order chi connectivity index (χ1) is 9.24. The van der Waals surface area contributed by atoms with Gasteiger partial charge in [-0.3, -0.25) is 4.79 Å². The lowest BCUT2D eigenvalue weighted by molar-refractivity contribution is -0.136. The lowest BCUT2D eigenvalue weighted by Crippen LogP contribution is -2.12. The second-order valence-corrected chi connectivity index (χ2v) is 4.48. The molecule has 0 aliphatic carbocycles. The van der Waals surface area contributed by atoms with Crippen molar-refractivity contribution in [2.45, 2.75) is 19.5 Å². The van der Waals surface area contributed by atoms with E-state index in [2.05, 4.69) is 17.4 Å². The average Bonchev–Trinajstić information content (AvgIpc) is 2.41. The predicted octanol–water partition coefficient (Wildman–Crippen LogP) is 2.60. The first-order valence-electron chi connectivity index (χ1n) is 6.28. The van der Waals surface area contributed by atoms with Crippen molar-refractivity contribution in [3.8, 4) is 0 Å². The molecule has 0 atom stereocenters. The minimum Gasteiger partial charge on any atom is -0.481 e. The Bertz CT molecular complexity index is 520. The summed E-state index contributed by atoms with van der Waals surface area (Å²) in [5.41, 5.74) is 3.24. The first kappa shape index (κ1) is 13.3. The molecule has 3 heteroatoms. The zero-order valence-corrected chi connectivity index (χ0v) is 10.7. The van der Waals surface area contributed by atoms with Gasteiger partial charge in [-0.25, -0.2) is 0 Å². The van der Waals surface area contributed by atoms with Gasteiger partial charge in [0.1, 0.15) is 0 Å². The molecule has 0 aliphatic rings. The van der Waals surface area contributed by atoms with E-state index in [4.69, 9.17) is 5.11 Å². The molecule has 0 amide bonds. The fourth-order valence-electron chi connectivity index (χ4n) is 1.90. The van der Waals surface area contributed by atoms with E-state index in [0.717, 1.165) is 24.2 Å². The molecule has 0 unspecified atom stereocenters. The first-order valence-corrected chi connectivity index (χ1v) is 6.28. The second-order valence-electron chi connectivity index (χ2n) is 4.48. The Hall–Kier alpha value is -2.13. The van der Waals surface area contributed by atoms with Gasteiger partial charge in [0.2, 0.25) is 0 Å². The van der Waals surface area contributed by atoms with Crippen LogP contribution < -0.4 is 5.32 Å². The molecule has 0 saturated carbocycles. The fourth-order valence-corrected chi connectivity index (χ4v) is 1.90. The van der Waals surface area contributed by atoms with E-state index in [0.29, 0.717) is 0 Å². The quantitative estimate of drug-likeness (QED) is 0.834. The highest BCUT2D eigenvalue weighted by molar-refractivity contribution is 5.70. The van der Waals surface area contributed by atoms with Crippen molar-refractivity contribution in [3.05, 3.63) is 71.3 Å². The summed E-state index contributed by atoms with van der Waals surface area (Å²) in [5, 5.41) is 12.1. The molecular weight excluding hydrogens is 238 g/mol. The summed E-state index contributed by atoms with van der Waals surface area (Å²) in [6, 6.07) is 17.9. The van der Waals surface area contributed by atoms with Crippen molar-refractivity contribution in [3.63, 3.8) is 0 Å². The minimum atomic E-state index is -0.796. The highest BCUT2D eigenvalue weighted by atomic mass is 16.4. The number of hydrogen-bond acceptors (Lipinski definition) is 2. The lowest BCUT2D eigenvalue weighted by Gasteiger charge is -2.06. The van der Waals surface area contributed by atoms with E-state index in [1.54, 1.807) is 0 Å². The van der Waals surface area contributed by atoms with E-state index in [-0.39, 0.29) is 6.42 Å². The van der Waals surface area contributed by atoms with E-state index in [9.17, 15) is 4.79 Å². The van der Waals surface area contributed by atoms with Crippen molar-refractivity contribution < 1.29 is 9.90 Å². The Labute approximate surface area is 112 Å². The molecule has 98 valence electrons. The van der Waals surface area contributed by atoms with E-state index in [1.807, 2.05) is 42.5 Å². The van der Waals surface area contributed by atoms with Gasteiger partial charge in [-0.05, 0) is 16.7 Å². The van der Waals surface area contributed by atoms with Crippen LogP contribution in [0.15, 0.2) is 54.6 Å². The Morgan fingerprint density at radius 1 is 0.842 bits per heavy atom. The number of carboxylic acid groups (broad SMARTS) is 1. The smallest absolute Gasteiger partial charge is 0.307 e. The molecule has 2 rings (SSSR count). The predicted molar refractivity (Wildman–Crippen MR) is 74.8 cm³/mol. The van der Waals surface area contributed by atoms with Gasteiger partial charge in [0.25, 0.3) is 0 Å². The van der Waals surface area contributed by atoms with Crippen LogP contribution >= 0.6 is 0 Å². The normalized spacial score (nSPS) is 10.3. The topological polar surface area (TPSA) is 49.3 Å². The molecule has 19 heavy (non-hydrogen) atoms. The Kier molecular flexibility index (Phi) is 4.70. The maximum atomic E-state index is 10.6. The zero-order chi connectivity index (χ0) is 13.5. The SMILES string of the molecule is O=C(O)Cc1ccc(CNCc2ccccc2)cc1. The summed E-state index contributed by atoms with van der Waals surface area (Å²) in [7, 11) is 0. The third-order valence-corrected chi connectivity index (χ3v) is 2.88. The van der Waals surface area contributed by atoms with Crippen LogP contribution in [0.3, 0.4) is 0 Å². The summed E-state index contributed by atoms with van der Waals surface area (Å²) < 4.78 is 0. The highest BCUT2D eigenvalue weighted by Gasteiger charge is 2.00. The van der Waals surface area contributed by atoms with Gasteiger partial charge >= 0.3 is 5.97 Å². The second kappa shape index (κ2) is 6.71. The number of carbonyl (C=O) groups is 1. The molecule has 3 nitrogen and oxygen atoms in total. The molecule has 0 saturated heterocycles. The fraction of sp³-hybridized carbons (Fsp3) is 0.188. The van der Waals surface area contributed by atoms with Crippen molar-refractivity contribution in [1.82, 2.24) is 5.32 Å². The van der Waals surface area contributed by atoms with Crippen LogP contribution in [-0.4, -0.2) is 11.1 Å². The molecule has 2 N–H and O–H groups in total. The van der Waals surface area contributed by atoms with Gasteiger partial charge in [-0.1, -0.05) is 54.6 Å². The Morgan fingerprint density at radius 3 is 1.95 bits per heavy atom. The largest absolute Gasteiger partial charge is 0.481 e. The lowest BCUT2D eigenvalue weighted by atomic mass is 10.1. The maximum Gasteiger partial charge on any atom is 0.307 e. The minimum absolute atomic E-state index is 0.0811. The molecule has 0 bridgehead atoms. The molecule has 0 aliphatic heterocycles. The summed E-state index contributed by atoms with van der Waals surface area (Å²) in [4.78, 5) is 10.6. The van der Waals surface area contributed by atoms with E-state index < -0.39 is 5.97 Å². The van der Waals surface area contributed by atoms with E-state index in [1.165, 1.54) is 5.56 Å². The van der Waals surface area contributed by atoms with Crippen LogP contribution in [0.25, 0.3) is 0 Å². The number of benzene rings is 2. The Morgan fingerprint density at radius 2 is 1.37 bits per heavy atom. The van der Waals surface area contributed by atoms with Crippen LogP contribution in [0.1, 0.15) is 16.7 Å². The van der Waals surface area contributed by atoms with E-state index >= 15 is 0 Å². The molecule has 2 aromatic rings. The van der Waals surface area contributed by atoms with Gasteiger partial charge in [0, 0.05) is 13.1 Å². The van der Waals surface area contributed by atoms with Gasteiger partial charge in [-0.15, -0.1) is 0 Å². The molecule has 0 radical (unpaired) electrons. The third-order valence-electron chi connectivity index (χ3n) is 2.88. The zero-order valence-electron chi connectivity index (χ0n) is 10.7. The van der Waals surface area contributed by atoms with Gasteiger partial charge in [-0.2, -0.15) is 0 Å². The highest BCUT2D eigenvalue weighted by Crippen LogP contribution is 2.06. The number of nitrogens with one attached hydrogen (secondary N) is 1. The van der Waals surface area contributed by atoms with Gasteiger partial charge in [0.15, 0.2) is 0 Å². The van der Waals surface area contributed by atoms with Crippen LogP contribution in [-0.2, 0) is 24.3 Å². The number of hydrogen-bond donors (Lipinski definition) is 2. The standard InChI is InChI=1S/C16H17NO2/c18-16(19)10-13-6-8-15(9-7-13)12-17-11-14-4-2-1-3-5-14/h1-9,17H,10-12H2,(H,18,19). The van der Waals surface area contributed by atoms with Crippen LogP contribution in [0.2, 0.25) is 0 Å². The van der Waals surface area contributed by atoms with Crippen molar-refractivity contribution >= 4 is 5.97 Å². The van der Waals surface area contributed by atoms with Crippen LogP contribution in [0, 0.1) is 0 Å². The summed E-state index contributed by atoms with van der Waals surface area (Å²) in [6.07, 6.45) is 0.0811. The molecular formula is C16H17NO2. The molecule has 0 spiro atoms. The number of aliphatic carboxylic acids is 1.